The van der Waals surface area contributed by atoms with Crippen molar-refractivity contribution in [2.24, 2.45) is 16.8 Å². The van der Waals surface area contributed by atoms with Gasteiger partial charge in [-0.1, -0.05) is 63.3 Å². The number of benzene rings is 3. The minimum Gasteiger partial charge on any atom is -0.493 e. The summed E-state index contributed by atoms with van der Waals surface area (Å²) in [5.41, 5.74) is 2.95. The number of aliphatic imine (C=N–C) groups is 1. The summed E-state index contributed by atoms with van der Waals surface area (Å²) in [4.78, 5) is 102. The number of nitrogens with one attached hydrogen (secondary N) is 1. The molecule has 0 unspecified atom stereocenters. The molecule has 3 aromatic carbocycles. The topological polar surface area (TPSA) is 257 Å². The molecule has 0 bridgehead atoms. The first-order valence-corrected chi connectivity index (χ1v) is 29.8. The molecule has 22 nitrogen and oxygen atoms in total. The molecule has 87 heavy (non-hydrogen) atoms. The van der Waals surface area contributed by atoms with Crippen LogP contribution in [0.5, 0.6) is 23.0 Å². The average Bonchev–Trinajstić information content (AvgIpc) is 1.88. The van der Waals surface area contributed by atoms with Crippen molar-refractivity contribution < 1.29 is 81.3 Å². The van der Waals surface area contributed by atoms with Gasteiger partial charge in [0, 0.05) is 81.8 Å². The van der Waals surface area contributed by atoms with Crippen LogP contribution in [0.15, 0.2) is 89.7 Å². The Hall–Kier alpha value is -7.76. The largest absolute Gasteiger partial charge is 0.493 e. The molecule has 0 aliphatic carbocycles. The molecule has 5 atom stereocenters. The van der Waals surface area contributed by atoms with E-state index in [2.05, 4.69) is 10.3 Å². The fraction of sp³-hybridized carbons (Fsp3) is 0.508. The van der Waals surface area contributed by atoms with Crippen LogP contribution in [0.4, 0.5) is 16.2 Å². The Morgan fingerprint density at radius 1 is 0.736 bits per heavy atom. The van der Waals surface area contributed by atoms with E-state index in [4.69, 9.17) is 42.6 Å². The maximum absolute atomic E-state index is 14.4. The van der Waals surface area contributed by atoms with E-state index in [1.54, 1.807) is 66.8 Å². The van der Waals surface area contributed by atoms with Crippen LogP contribution < -0.4 is 29.2 Å². The second-order valence-corrected chi connectivity index (χ2v) is 21.8. The van der Waals surface area contributed by atoms with E-state index in [0.717, 1.165) is 10.5 Å². The van der Waals surface area contributed by atoms with Crippen molar-refractivity contribution in [3.8, 4) is 23.0 Å². The molecular weight excluding hydrogens is 1120 g/mol. The average molecular weight is 1210 g/mol. The number of aliphatic hydroxyl groups is 1. The highest BCUT2D eigenvalue weighted by molar-refractivity contribution is 6.07. The Kier molecular flexibility index (Phi) is 25.6. The molecule has 0 saturated heterocycles. The first-order chi connectivity index (χ1) is 42.0. The number of ether oxygens (including phenoxy) is 9. The SMILES string of the molecule is C/C=C/C1=CN2C(=O)c3cc(OC)c(OCCCOc4cc5c(cc4OC)C(=O)N4C=CC[C@H]4C=N5)cc3N(C(=O)OCc3ccc(CC(=O)[C@H](C)NC(=O)[C@@H](CC(=O)CCOCCOCCOCCOCCCC(=O)CC)C(C)C)cc3)[C@@H](O)[C@@H]2C1. The van der Waals surface area contributed by atoms with Gasteiger partial charge >= 0.3 is 6.09 Å². The molecule has 0 aromatic heterocycles. The number of allylic oxidation sites excluding steroid dienone is 2. The van der Waals surface area contributed by atoms with Gasteiger partial charge in [0.1, 0.15) is 18.2 Å². The van der Waals surface area contributed by atoms with Crippen LogP contribution in [0.25, 0.3) is 0 Å². The van der Waals surface area contributed by atoms with Crippen molar-refractivity contribution in [2.75, 3.05) is 85.2 Å². The molecule has 4 amide bonds. The standard InChI is InChI=1S/C65H83N5O17/c1-8-13-46-32-55-64(77)70(54-38-60(58(80-7)36-52(54)63(76)69(55)40-46)86-24-12-23-85-59-37-53-51(35-57(59)79-6)62(75)68-21-10-14-47(68)39-66-53)65(78)87-41-45-18-16-44(17-19-45)33-56(73)43(5)67-61(74)50(42(3)4)34-49(72)20-25-82-27-29-84-31-30-83-28-26-81-22-11-15-48(71)9-2/h8,10,13,16-19,21,35-40,42-43,47,50,55,64,77H,9,11-12,14-15,20,22-34,41H2,1-7H3,(H,67,74)/b13-8+/t43-,47-,50-,55-,64-/m0/s1. The molecule has 4 aliphatic rings. The Labute approximate surface area is 508 Å². The van der Waals surface area contributed by atoms with Gasteiger partial charge in [-0.25, -0.2) is 9.69 Å². The number of aliphatic hydroxyl groups excluding tert-OH is 1. The second-order valence-electron chi connectivity index (χ2n) is 21.8. The predicted octanol–water partition coefficient (Wildman–Crippen LogP) is 8.21. The van der Waals surface area contributed by atoms with Gasteiger partial charge in [-0.15, -0.1) is 0 Å². The minimum absolute atomic E-state index is 0.000414. The summed E-state index contributed by atoms with van der Waals surface area (Å²) in [6.07, 6.45) is 11.5. The van der Waals surface area contributed by atoms with Crippen LogP contribution in [0.2, 0.25) is 0 Å². The Balaban J connectivity index is 0.881. The first kappa shape index (κ1) is 66.8. The highest BCUT2D eigenvalue weighted by Crippen LogP contribution is 2.43. The summed E-state index contributed by atoms with van der Waals surface area (Å²) < 4.78 is 51.5. The fourth-order valence-corrected chi connectivity index (χ4v) is 10.2. The van der Waals surface area contributed by atoms with E-state index < -0.39 is 42.1 Å². The van der Waals surface area contributed by atoms with E-state index in [9.17, 15) is 38.7 Å². The predicted molar refractivity (Wildman–Crippen MR) is 323 cm³/mol. The molecule has 3 aromatic rings. The Morgan fingerprint density at radius 3 is 2.00 bits per heavy atom. The third-order valence-electron chi connectivity index (χ3n) is 15.2. The molecule has 0 fully saturated rings. The van der Waals surface area contributed by atoms with Crippen molar-refractivity contribution in [3.05, 3.63) is 107 Å². The quantitative estimate of drug-likeness (QED) is 0.0520. The molecular formula is C65H83N5O17. The molecule has 0 radical (unpaired) electrons. The van der Waals surface area contributed by atoms with E-state index in [0.29, 0.717) is 112 Å². The Bertz CT molecular complexity index is 3010. The monoisotopic (exact) mass is 1210 g/mol. The number of nitrogens with zero attached hydrogens (tertiary/aromatic N) is 4. The van der Waals surface area contributed by atoms with Crippen LogP contribution in [-0.4, -0.2) is 167 Å². The minimum atomic E-state index is -1.56. The van der Waals surface area contributed by atoms with Crippen LogP contribution in [0.1, 0.15) is 118 Å². The van der Waals surface area contributed by atoms with Crippen molar-refractivity contribution in [2.45, 2.75) is 123 Å². The van der Waals surface area contributed by atoms with Gasteiger partial charge in [0.2, 0.25) is 5.91 Å². The maximum Gasteiger partial charge on any atom is 0.416 e. The highest BCUT2D eigenvalue weighted by Gasteiger charge is 2.45. The van der Waals surface area contributed by atoms with Gasteiger partial charge in [0.25, 0.3) is 11.8 Å². The molecule has 0 saturated carbocycles. The number of ketones is 3. The number of carbonyl (C=O) groups excluding carboxylic acids is 7. The maximum atomic E-state index is 14.4. The summed E-state index contributed by atoms with van der Waals surface area (Å²) in [6.45, 7) is 12.0. The number of methoxy groups -OCH3 is 2. The van der Waals surface area contributed by atoms with Crippen molar-refractivity contribution in [1.82, 2.24) is 15.1 Å². The van der Waals surface area contributed by atoms with E-state index in [-0.39, 0.29) is 110 Å². The number of anilines is 1. The third kappa shape index (κ3) is 18.4. The van der Waals surface area contributed by atoms with Gasteiger partial charge in [-0.05, 0) is 67.9 Å². The van der Waals surface area contributed by atoms with Crippen molar-refractivity contribution in [3.63, 3.8) is 0 Å². The molecule has 4 heterocycles. The van der Waals surface area contributed by atoms with Gasteiger partial charge in [0.15, 0.2) is 35.0 Å². The number of fused-ring (bicyclic) bond motifs is 4. The lowest BCUT2D eigenvalue weighted by molar-refractivity contribution is -0.133. The van der Waals surface area contributed by atoms with Gasteiger partial charge in [0.05, 0.1) is 114 Å². The number of rotatable bonds is 36. The zero-order chi connectivity index (χ0) is 62.4. The smallest absolute Gasteiger partial charge is 0.416 e. The fourth-order valence-electron chi connectivity index (χ4n) is 10.2. The summed E-state index contributed by atoms with van der Waals surface area (Å²) in [5, 5.41) is 14.9. The molecule has 7 rings (SSSR count). The van der Waals surface area contributed by atoms with Crippen molar-refractivity contribution in [1.29, 1.82) is 0 Å². The van der Waals surface area contributed by atoms with Crippen LogP contribution in [-0.2, 0) is 55.9 Å². The van der Waals surface area contributed by atoms with Gasteiger partial charge in [-0.3, -0.25) is 33.8 Å². The number of hydrogen-bond donors (Lipinski definition) is 2. The lowest BCUT2D eigenvalue weighted by Crippen LogP contribution is -2.50. The molecule has 470 valence electrons. The first-order valence-electron chi connectivity index (χ1n) is 29.8. The van der Waals surface area contributed by atoms with Crippen LogP contribution >= 0.6 is 0 Å². The van der Waals surface area contributed by atoms with E-state index >= 15 is 0 Å². The van der Waals surface area contributed by atoms with E-state index in [1.807, 2.05) is 45.9 Å². The summed E-state index contributed by atoms with van der Waals surface area (Å²) in [6, 6.07) is 11.2. The molecule has 22 heteroatoms. The van der Waals surface area contributed by atoms with Crippen LogP contribution in [0.3, 0.4) is 0 Å². The van der Waals surface area contributed by atoms with Gasteiger partial charge in [-0.2, -0.15) is 0 Å². The second kappa shape index (κ2) is 33.4. The third-order valence-corrected chi connectivity index (χ3v) is 15.2. The summed E-state index contributed by atoms with van der Waals surface area (Å²) in [5.74, 6) is -0.877. The lowest BCUT2D eigenvalue weighted by Gasteiger charge is -2.31. The number of amides is 4. The number of carbonyl (C=O) groups is 7. The zero-order valence-electron chi connectivity index (χ0n) is 51.0. The van der Waals surface area contributed by atoms with Gasteiger partial charge < -0.3 is 62.9 Å². The normalized spacial score (nSPS) is 17.5. The molecule has 4 aliphatic heterocycles. The lowest BCUT2D eigenvalue weighted by atomic mass is 9.88. The summed E-state index contributed by atoms with van der Waals surface area (Å²) in [7, 11) is 2.92. The highest BCUT2D eigenvalue weighted by atomic mass is 16.6. The molecule has 2 N–H and O–H groups in total. The van der Waals surface area contributed by atoms with Crippen LogP contribution in [0, 0.1) is 11.8 Å². The Morgan fingerprint density at radius 2 is 1.36 bits per heavy atom. The zero-order valence-corrected chi connectivity index (χ0v) is 51.0. The number of hydrogen-bond acceptors (Lipinski definition) is 18. The summed E-state index contributed by atoms with van der Waals surface area (Å²) >= 11 is 0. The molecule has 0 spiro atoms. The number of Topliss-reactive ketones (excluding diaryl/α,β-unsaturated/α-hetero) is 3. The van der Waals surface area contributed by atoms with E-state index in [1.165, 1.54) is 31.3 Å². The van der Waals surface area contributed by atoms with Crippen molar-refractivity contribution >= 4 is 58.8 Å².